The maximum Gasteiger partial charge on any atom is -0.0168 e. The fraction of sp³-hybridized carbons (Fsp3) is 0.625. The highest BCUT2D eigenvalue weighted by molar-refractivity contribution is 5.18. The van der Waals surface area contributed by atoms with E-state index in [1.165, 1.54) is 74.5 Å². The van der Waals surface area contributed by atoms with Gasteiger partial charge < -0.3 is 0 Å². The van der Waals surface area contributed by atoms with Crippen molar-refractivity contribution in [2.24, 2.45) is 17.8 Å². The lowest BCUT2D eigenvalue weighted by Crippen LogP contribution is -2.08. The van der Waals surface area contributed by atoms with Crippen LogP contribution in [0.3, 0.4) is 0 Å². The number of rotatable bonds is 3. The van der Waals surface area contributed by atoms with Crippen molar-refractivity contribution in [3.05, 3.63) is 70.4 Å². The predicted octanol–water partition coefficient (Wildman–Crippen LogP) is 10.7. The molecule has 0 nitrogen and oxygen atoms in total. The predicted molar refractivity (Wildman–Crippen MR) is 147 cm³/mol. The minimum absolute atomic E-state index is 0.763. The fourth-order valence-corrected chi connectivity index (χ4v) is 4.75. The quantitative estimate of drug-likeness (QED) is 0.386. The molecule has 0 aromatic rings. The van der Waals surface area contributed by atoms with Gasteiger partial charge in [0.15, 0.2) is 0 Å². The summed E-state index contributed by atoms with van der Waals surface area (Å²) in [5.74, 6) is 2.29. The van der Waals surface area contributed by atoms with Crippen LogP contribution in [0, 0.1) is 17.8 Å². The van der Waals surface area contributed by atoms with E-state index in [2.05, 4.69) is 81.2 Å². The minimum atomic E-state index is 0.763. The third-order valence-corrected chi connectivity index (χ3v) is 8.03. The van der Waals surface area contributed by atoms with E-state index in [0.29, 0.717) is 0 Å². The molecule has 0 heteroatoms. The van der Waals surface area contributed by atoms with Crippen LogP contribution >= 0.6 is 0 Å². The van der Waals surface area contributed by atoms with Crippen LogP contribution in [0.2, 0.25) is 0 Å². The third-order valence-electron chi connectivity index (χ3n) is 8.03. The average molecular weight is 437 g/mol. The second kappa shape index (κ2) is 13.9. The molecule has 0 aromatic carbocycles. The maximum atomic E-state index is 4.02. The van der Waals surface area contributed by atoms with Gasteiger partial charge in [0.2, 0.25) is 0 Å². The zero-order chi connectivity index (χ0) is 24.4. The van der Waals surface area contributed by atoms with Crippen molar-refractivity contribution in [2.45, 2.75) is 113 Å². The molecule has 3 atom stereocenters. The summed E-state index contributed by atoms with van der Waals surface area (Å²) in [6.45, 7) is 29.7. The van der Waals surface area contributed by atoms with E-state index in [4.69, 9.17) is 0 Å². The van der Waals surface area contributed by atoms with Crippen molar-refractivity contribution in [2.75, 3.05) is 0 Å². The lowest BCUT2D eigenvalue weighted by molar-refractivity contribution is 0.521. The first-order chi connectivity index (χ1) is 14.9. The van der Waals surface area contributed by atoms with Crippen LogP contribution in [-0.2, 0) is 0 Å². The van der Waals surface area contributed by atoms with Crippen LogP contribution < -0.4 is 0 Å². The van der Waals surface area contributed by atoms with E-state index in [1.807, 2.05) is 0 Å². The standard InChI is InChI=1S/2C11H18.C10H16/c2*1-8(2)11-6-5-9(3)10(4)7-11;1-8(2)10-6-4-9(3)5-7-10/h2*11H,1,5-7H2,2-4H3;4,10H,1,5-7H2,2-3H3. The third kappa shape index (κ3) is 9.93. The summed E-state index contributed by atoms with van der Waals surface area (Å²) in [6.07, 6.45) is 13.9. The molecule has 3 rings (SSSR count). The van der Waals surface area contributed by atoms with Crippen LogP contribution in [0.5, 0.6) is 0 Å². The van der Waals surface area contributed by atoms with E-state index in [-0.39, 0.29) is 0 Å². The normalized spacial score (nSPS) is 25.6. The molecule has 0 radical (unpaired) electrons. The first kappa shape index (κ1) is 28.5. The molecule has 0 amide bonds. The van der Waals surface area contributed by atoms with Crippen molar-refractivity contribution in [3.8, 4) is 0 Å². The molecular formula is C32H52. The molecule has 0 N–H and O–H groups in total. The van der Waals surface area contributed by atoms with E-state index in [1.54, 1.807) is 27.9 Å². The first-order valence-electron chi connectivity index (χ1n) is 12.8. The first-order valence-corrected chi connectivity index (χ1v) is 12.8. The minimum Gasteiger partial charge on any atom is -0.0998 e. The number of hydrogen-bond donors (Lipinski definition) is 0. The van der Waals surface area contributed by atoms with Gasteiger partial charge in [0.25, 0.3) is 0 Å². The Morgan fingerprint density at radius 1 is 0.594 bits per heavy atom. The van der Waals surface area contributed by atoms with E-state index in [0.717, 1.165) is 17.8 Å². The largest absolute Gasteiger partial charge is 0.0998 e. The molecule has 0 saturated carbocycles. The van der Waals surface area contributed by atoms with E-state index in [9.17, 15) is 0 Å². The van der Waals surface area contributed by atoms with Gasteiger partial charge in [-0.25, -0.2) is 0 Å². The van der Waals surface area contributed by atoms with Crippen LogP contribution in [-0.4, -0.2) is 0 Å². The molecule has 3 aliphatic carbocycles. The Balaban J connectivity index is 0.000000240. The van der Waals surface area contributed by atoms with Crippen molar-refractivity contribution in [1.29, 1.82) is 0 Å². The molecule has 3 unspecified atom stereocenters. The van der Waals surface area contributed by atoms with Gasteiger partial charge in [0.1, 0.15) is 0 Å². The number of hydrogen-bond acceptors (Lipinski definition) is 0. The average Bonchev–Trinajstić information content (AvgIpc) is 2.73. The van der Waals surface area contributed by atoms with Crippen LogP contribution in [0.4, 0.5) is 0 Å². The molecule has 3 aliphatic rings. The van der Waals surface area contributed by atoms with Crippen molar-refractivity contribution < 1.29 is 0 Å². The molecule has 32 heavy (non-hydrogen) atoms. The Morgan fingerprint density at radius 3 is 1.25 bits per heavy atom. The fourth-order valence-electron chi connectivity index (χ4n) is 4.75. The number of allylic oxidation sites excluding steroid dienone is 9. The Kier molecular flexibility index (Phi) is 12.3. The highest BCUT2D eigenvalue weighted by atomic mass is 14.2. The van der Waals surface area contributed by atoms with Crippen LogP contribution in [0.15, 0.2) is 70.4 Å². The summed E-state index contributed by atoms with van der Waals surface area (Å²) < 4.78 is 0. The second-order valence-electron chi connectivity index (χ2n) is 11.1. The van der Waals surface area contributed by atoms with Gasteiger partial charge in [0, 0.05) is 0 Å². The highest BCUT2D eigenvalue weighted by Gasteiger charge is 2.17. The van der Waals surface area contributed by atoms with E-state index >= 15 is 0 Å². The Morgan fingerprint density at radius 2 is 0.969 bits per heavy atom. The molecule has 0 fully saturated rings. The molecule has 0 saturated heterocycles. The lowest BCUT2D eigenvalue weighted by atomic mass is 9.82. The summed E-state index contributed by atoms with van der Waals surface area (Å²) in [7, 11) is 0. The van der Waals surface area contributed by atoms with Crippen molar-refractivity contribution >= 4 is 0 Å². The molecule has 0 aliphatic heterocycles. The zero-order valence-corrected chi connectivity index (χ0v) is 22.8. The summed E-state index contributed by atoms with van der Waals surface area (Å²) in [6, 6.07) is 0. The van der Waals surface area contributed by atoms with Crippen molar-refractivity contribution in [1.82, 2.24) is 0 Å². The van der Waals surface area contributed by atoms with Gasteiger partial charge in [-0.2, -0.15) is 0 Å². The van der Waals surface area contributed by atoms with Crippen molar-refractivity contribution in [3.63, 3.8) is 0 Å². The maximum absolute atomic E-state index is 4.02. The Bertz CT molecular complexity index is 718. The summed E-state index contributed by atoms with van der Waals surface area (Å²) in [5.41, 5.74) is 12.0. The van der Waals surface area contributed by atoms with E-state index < -0.39 is 0 Å². The van der Waals surface area contributed by atoms with Gasteiger partial charge in [-0.3, -0.25) is 0 Å². The van der Waals surface area contributed by atoms with Gasteiger partial charge in [0.05, 0.1) is 0 Å². The lowest BCUT2D eigenvalue weighted by Gasteiger charge is -2.24. The molecule has 0 aromatic heterocycles. The summed E-state index contributed by atoms with van der Waals surface area (Å²) >= 11 is 0. The molecule has 0 heterocycles. The van der Waals surface area contributed by atoms with Crippen LogP contribution in [0.1, 0.15) is 113 Å². The molecule has 0 spiro atoms. The smallest absolute Gasteiger partial charge is 0.0168 e. The monoisotopic (exact) mass is 436 g/mol. The van der Waals surface area contributed by atoms with Gasteiger partial charge in [-0.15, -0.1) is 0 Å². The van der Waals surface area contributed by atoms with Gasteiger partial charge in [-0.05, 0) is 131 Å². The van der Waals surface area contributed by atoms with Gasteiger partial charge >= 0.3 is 0 Å². The second-order valence-corrected chi connectivity index (χ2v) is 11.1. The zero-order valence-electron chi connectivity index (χ0n) is 22.8. The SMILES string of the molecule is C=C(C)C1CC=C(C)CC1.C=C(C)C1CCC(C)=C(C)C1.C=C(C)C1CCC(C)=C(C)C1. The highest BCUT2D eigenvalue weighted by Crippen LogP contribution is 2.33. The summed E-state index contributed by atoms with van der Waals surface area (Å²) in [4.78, 5) is 0. The molecule has 0 bridgehead atoms. The Labute approximate surface area is 201 Å². The summed E-state index contributed by atoms with van der Waals surface area (Å²) in [5, 5.41) is 0. The van der Waals surface area contributed by atoms with Crippen LogP contribution in [0.25, 0.3) is 0 Å². The molecular weight excluding hydrogens is 384 g/mol. The van der Waals surface area contributed by atoms with Gasteiger partial charge in [-0.1, -0.05) is 70.4 Å². The topological polar surface area (TPSA) is 0 Å². The Hall–Kier alpha value is -1.56. The molecule has 180 valence electrons.